The largest absolute Gasteiger partial charge is 0.313 e. The molecule has 6 heteroatoms. The van der Waals surface area contributed by atoms with Gasteiger partial charge in [0.25, 0.3) is 0 Å². The van der Waals surface area contributed by atoms with E-state index in [-0.39, 0.29) is 0 Å². The van der Waals surface area contributed by atoms with Crippen molar-refractivity contribution in [2.75, 3.05) is 11.2 Å². The lowest BCUT2D eigenvalue weighted by Gasteiger charge is -2.25. The second-order valence-corrected chi connectivity index (χ2v) is 5.56. The van der Waals surface area contributed by atoms with E-state index in [4.69, 9.17) is 0 Å². The topological polar surface area (TPSA) is 42.7 Å². The van der Waals surface area contributed by atoms with E-state index in [1.54, 1.807) is 23.1 Å². The summed E-state index contributed by atoms with van der Waals surface area (Å²) in [6.07, 6.45) is 0.901. The molecule has 1 atom stereocenters. The number of thioether (sulfide) groups is 1. The van der Waals surface area contributed by atoms with E-state index in [1.807, 2.05) is 4.68 Å². The standard InChI is InChI=1S/C10H12N4S2/c1-2-9-11-12-10-14(9)13-7(6-16-10)8-4-3-5-15-8/h3-5,7,13H,2,6H2,1H3. The van der Waals surface area contributed by atoms with Gasteiger partial charge in [-0.2, -0.15) is 0 Å². The zero-order valence-electron chi connectivity index (χ0n) is 8.88. The van der Waals surface area contributed by atoms with Crippen LogP contribution in [0.4, 0.5) is 0 Å². The molecule has 0 bridgehead atoms. The molecule has 0 aromatic carbocycles. The molecule has 0 spiro atoms. The summed E-state index contributed by atoms with van der Waals surface area (Å²) in [6.45, 7) is 2.10. The fourth-order valence-electron chi connectivity index (χ4n) is 1.74. The van der Waals surface area contributed by atoms with Gasteiger partial charge in [-0.05, 0) is 11.4 Å². The number of fused-ring (bicyclic) bond motifs is 1. The molecular formula is C10H12N4S2. The summed E-state index contributed by atoms with van der Waals surface area (Å²) in [6, 6.07) is 4.64. The van der Waals surface area contributed by atoms with Crippen molar-refractivity contribution < 1.29 is 0 Å². The first-order chi connectivity index (χ1) is 7.88. The lowest BCUT2D eigenvalue weighted by Crippen LogP contribution is -2.28. The average molecular weight is 252 g/mol. The Morgan fingerprint density at radius 3 is 3.25 bits per heavy atom. The third kappa shape index (κ3) is 1.62. The molecular weight excluding hydrogens is 240 g/mol. The molecule has 0 radical (unpaired) electrons. The van der Waals surface area contributed by atoms with Gasteiger partial charge in [0.2, 0.25) is 5.16 Å². The Kier molecular flexibility index (Phi) is 2.61. The van der Waals surface area contributed by atoms with Gasteiger partial charge < -0.3 is 5.43 Å². The maximum absolute atomic E-state index is 4.17. The van der Waals surface area contributed by atoms with E-state index in [1.165, 1.54) is 4.88 Å². The molecule has 0 saturated carbocycles. The maximum Gasteiger partial charge on any atom is 0.210 e. The van der Waals surface area contributed by atoms with Gasteiger partial charge in [-0.25, -0.2) is 4.68 Å². The third-order valence-corrected chi connectivity index (χ3v) is 4.58. The van der Waals surface area contributed by atoms with Crippen molar-refractivity contribution in [3.05, 3.63) is 28.2 Å². The average Bonchev–Trinajstić information content (AvgIpc) is 2.97. The van der Waals surface area contributed by atoms with Crippen LogP contribution < -0.4 is 5.43 Å². The predicted octanol–water partition coefficient (Wildman–Crippen LogP) is 2.29. The summed E-state index contributed by atoms with van der Waals surface area (Å²) in [7, 11) is 0. The summed E-state index contributed by atoms with van der Waals surface area (Å²) in [5.41, 5.74) is 3.48. The lowest BCUT2D eigenvalue weighted by molar-refractivity contribution is 0.641. The molecule has 84 valence electrons. The summed E-state index contributed by atoms with van der Waals surface area (Å²) in [5, 5.41) is 11.4. The van der Waals surface area contributed by atoms with Crippen LogP contribution in [0, 0.1) is 0 Å². The Labute approximate surface area is 102 Å². The number of rotatable bonds is 2. The van der Waals surface area contributed by atoms with Crippen molar-refractivity contribution in [2.24, 2.45) is 0 Å². The molecule has 0 fully saturated rings. The molecule has 1 aliphatic rings. The van der Waals surface area contributed by atoms with E-state index < -0.39 is 0 Å². The van der Waals surface area contributed by atoms with Crippen LogP contribution >= 0.6 is 23.1 Å². The van der Waals surface area contributed by atoms with Crippen LogP contribution in [-0.4, -0.2) is 20.6 Å². The van der Waals surface area contributed by atoms with E-state index >= 15 is 0 Å². The highest BCUT2D eigenvalue weighted by Gasteiger charge is 2.23. The zero-order valence-corrected chi connectivity index (χ0v) is 10.5. The predicted molar refractivity (Wildman–Crippen MR) is 66.5 cm³/mol. The highest BCUT2D eigenvalue weighted by molar-refractivity contribution is 7.99. The second-order valence-electron chi connectivity index (χ2n) is 3.60. The fourth-order valence-corrected chi connectivity index (χ4v) is 3.57. The van der Waals surface area contributed by atoms with Crippen LogP contribution in [0.25, 0.3) is 0 Å². The van der Waals surface area contributed by atoms with Crippen LogP contribution in [-0.2, 0) is 6.42 Å². The minimum atomic E-state index is 0.374. The lowest BCUT2D eigenvalue weighted by atomic mass is 10.3. The number of nitrogens with zero attached hydrogens (tertiary/aromatic N) is 3. The summed E-state index contributed by atoms with van der Waals surface area (Å²) >= 11 is 3.55. The Bertz CT molecular complexity index is 463. The number of aryl methyl sites for hydroxylation is 1. The zero-order chi connectivity index (χ0) is 11.0. The molecule has 0 amide bonds. The summed E-state index contributed by atoms with van der Waals surface area (Å²) in [5.74, 6) is 2.02. The van der Waals surface area contributed by atoms with E-state index in [9.17, 15) is 0 Å². The first-order valence-corrected chi connectivity index (χ1v) is 7.12. The molecule has 1 N–H and O–H groups in total. The highest BCUT2D eigenvalue weighted by Crippen LogP contribution is 2.31. The smallest absolute Gasteiger partial charge is 0.210 e. The van der Waals surface area contributed by atoms with E-state index in [0.29, 0.717) is 6.04 Å². The monoisotopic (exact) mass is 252 g/mol. The van der Waals surface area contributed by atoms with Gasteiger partial charge in [0.1, 0.15) is 0 Å². The molecule has 2 aromatic heterocycles. The molecule has 4 nitrogen and oxygen atoms in total. The number of aromatic nitrogens is 3. The summed E-state index contributed by atoms with van der Waals surface area (Å²) in [4.78, 5) is 1.37. The van der Waals surface area contributed by atoms with Crippen LogP contribution in [0.15, 0.2) is 22.7 Å². The van der Waals surface area contributed by atoms with E-state index in [2.05, 4.69) is 40.1 Å². The Hall–Kier alpha value is -1.01. The van der Waals surface area contributed by atoms with Gasteiger partial charge >= 0.3 is 0 Å². The minimum absolute atomic E-state index is 0.374. The molecule has 3 rings (SSSR count). The van der Waals surface area contributed by atoms with Gasteiger partial charge in [-0.1, -0.05) is 24.8 Å². The van der Waals surface area contributed by atoms with Gasteiger partial charge in [0.05, 0.1) is 6.04 Å². The second kappa shape index (κ2) is 4.10. The van der Waals surface area contributed by atoms with Crippen LogP contribution in [0.5, 0.6) is 0 Å². The fraction of sp³-hybridized carbons (Fsp3) is 0.400. The Morgan fingerprint density at radius 1 is 1.56 bits per heavy atom. The quantitative estimate of drug-likeness (QED) is 0.890. The van der Waals surface area contributed by atoms with Crippen molar-refractivity contribution in [1.82, 2.24) is 14.9 Å². The highest BCUT2D eigenvalue weighted by atomic mass is 32.2. The molecule has 1 aliphatic heterocycles. The molecule has 0 saturated heterocycles. The van der Waals surface area contributed by atoms with Crippen LogP contribution in [0.1, 0.15) is 23.7 Å². The van der Waals surface area contributed by atoms with Gasteiger partial charge in [0, 0.05) is 17.1 Å². The van der Waals surface area contributed by atoms with Crippen LogP contribution in [0.3, 0.4) is 0 Å². The number of hydrogen-bond acceptors (Lipinski definition) is 5. The number of hydrogen-bond donors (Lipinski definition) is 1. The van der Waals surface area contributed by atoms with E-state index in [0.717, 1.165) is 23.2 Å². The first kappa shape index (κ1) is 10.2. The molecule has 1 unspecified atom stereocenters. The van der Waals surface area contributed by atoms with Gasteiger partial charge in [-0.3, -0.25) is 0 Å². The summed E-state index contributed by atoms with van der Waals surface area (Å²) < 4.78 is 2.03. The Morgan fingerprint density at radius 2 is 2.50 bits per heavy atom. The molecule has 16 heavy (non-hydrogen) atoms. The first-order valence-electron chi connectivity index (χ1n) is 5.25. The molecule has 3 heterocycles. The van der Waals surface area contributed by atoms with Gasteiger partial charge in [0.15, 0.2) is 5.82 Å². The van der Waals surface area contributed by atoms with Crippen molar-refractivity contribution >= 4 is 23.1 Å². The number of thiophene rings is 1. The normalized spacial score (nSPS) is 19.2. The maximum atomic E-state index is 4.17. The minimum Gasteiger partial charge on any atom is -0.313 e. The number of nitrogens with one attached hydrogen (secondary N) is 1. The van der Waals surface area contributed by atoms with Crippen molar-refractivity contribution in [1.29, 1.82) is 0 Å². The van der Waals surface area contributed by atoms with Gasteiger partial charge in [-0.15, -0.1) is 21.5 Å². The Balaban J connectivity index is 1.90. The van der Waals surface area contributed by atoms with Crippen molar-refractivity contribution in [2.45, 2.75) is 24.5 Å². The van der Waals surface area contributed by atoms with Crippen molar-refractivity contribution in [3.63, 3.8) is 0 Å². The van der Waals surface area contributed by atoms with Crippen LogP contribution in [0.2, 0.25) is 0 Å². The molecule has 2 aromatic rings. The molecule has 0 aliphatic carbocycles. The van der Waals surface area contributed by atoms with Crippen molar-refractivity contribution in [3.8, 4) is 0 Å². The SMILES string of the molecule is CCc1nnc2n1NC(c1cccs1)CS2. The third-order valence-electron chi connectivity index (χ3n) is 2.57.